The van der Waals surface area contributed by atoms with E-state index in [1.165, 1.54) is 25.9 Å². The second-order valence-electron chi connectivity index (χ2n) is 10.3. The molecular formula is C26H43N3O3S. The topological polar surface area (TPSA) is 69.7 Å². The van der Waals surface area contributed by atoms with Crippen LogP contribution in [0.2, 0.25) is 0 Å². The lowest BCUT2D eigenvalue weighted by Gasteiger charge is -2.32. The third-order valence-electron chi connectivity index (χ3n) is 7.80. The van der Waals surface area contributed by atoms with Crippen LogP contribution in [0.25, 0.3) is 0 Å². The van der Waals surface area contributed by atoms with E-state index in [4.69, 9.17) is 0 Å². The number of carbonyl (C=O) groups is 1. The van der Waals surface area contributed by atoms with E-state index in [-0.39, 0.29) is 11.8 Å². The Labute approximate surface area is 201 Å². The fraction of sp³-hybridized carbons (Fsp3) is 0.731. The van der Waals surface area contributed by atoms with Gasteiger partial charge in [-0.1, -0.05) is 13.0 Å². The molecule has 3 rings (SSSR count). The first-order chi connectivity index (χ1) is 15.6. The molecule has 33 heavy (non-hydrogen) atoms. The van der Waals surface area contributed by atoms with Crippen molar-refractivity contribution < 1.29 is 13.2 Å². The number of aryl methyl sites for hydroxylation is 2. The Kier molecular flexibility index (Phi) is 8.98. The van der Waals surface area contributed by atoms with Crippen molar-refractivity contribution in [3.05, 3.63) is 28.3 Å². The van der Waals surface area contributed by atoms with Gasteiger partial charge in [-0.15, -0.1) is 0 Å². The van der Waals surface area contributed by atoms with E-state index in [0.717, 1.165) is 47.6 Å². The lowest BCUT2D eigenvalue weighted by Crippen LogP contribution is -2.43. The van der Waals surface area contributed by atoms with E-state index in [1.807, 2.05) is 33.8 Å². The third-order valence-corrected chi connectivity index (χ3v) is 9.97. The first-order valence-corrected chi connectivity index (χ1v) is 14.1. The zero-order chi connectivity index (χ0) is 24.2. The predicted molar refractivity (Wildman–Crippen MR) is 134 cm³/mol. The minimum atomic E-state index is -3.56. The molecule has 2 fully saturated rings. The van der Waals surface area contributed by atoms with Gasteiger partial charge in [0.1, 0.15) is 0 Å². The van der Waals surface area contributed by atoms with Crippen LogP contribution >= 0.6 is 0 Å². The van der Waals surface area contributed by atoms with Gasteiger partial charge in [0, 0.05) is 25.6 Å². The average molecular weight is 478 g/mol. The smallest absolute Gasteiger partial charge is 0.243 e. The van der Waals surface area contributed by atoms with Crippen molar-refractivity contribution in [2.75, 3.05) is 39.3 Å². The molecule has 1 aromatic rings. The number of hydrogen-bond acceptors (Lipinski definition) is 4. The quantitative estimate of drug-likeness (QED) is 0.576. The highest BCUT2D eigenvalue weighted by Crippen LogP contribution is 2.31. The largest absolute Gasteiger partial charge is 0.356 e. The summed E-state index contributed by atoms with van der Waals surface area (Å²) in [7, 11) is -3.56. The molecule has 2 aliphatic heterocycles. The highest BCUT2D eigenvalue weighted by Gasteiger charge is 2.34. The lowest BCUT2D eigenvalue weighted by molar-refractivity contribution is -0.126. The maximum atomic E-state index is 13.4. The molecule has 0 spiro atoms. The summed E-state index contributed by atoms with van der Waals surface area (Å²) < 4.78 is 28.4. The maximum Gasteiger partial charge on any atom is 0.243 e. The van der Waals surface area contributed by atoms with Crippen molar-refractivity contribution >= 4 is 15.9 Å². The number of nitrogens with one attached hydrogen (secondary N) is 1. The van der Waals surface area contributed by atoms with Crippen molar-refractivity contribution in [3.63, 3.8) is 0 Å². The second kappa shape index (κ2) is 11.3. The normalized spacial score (nSPS) is 19.7. The first-order valence-electron chi connectivity index (χ1n) is 12.7. The first kappa shape index (κ1) is 26.2. The van der Waals surface area contributed by atoms with Crippen LogP contribution in [0.1, 0.15) is 67.7 Å². The van der Waals surface area contributed by atoms with Crippen LogP contribution in [0, 0.1) is 39.5 Å². The third kappa shape index (κ3) is 6.37. The zero-order valence-corrected chi connectivity index (χ0v) is 22.1. The van der Waals surface area contributed by atoms with Gasteiger partial charge in [0.2, 0.25) is 15.9 Å². The fourth-order valence-electron chi connectivity index (χ4n) is 5.16. The Bertz CT molecular complexity index is 902. The molecule has 6 nitrogen and oxygen atoms in total. The summed E-state index contributed by atoms with van der Waals surface area (Å²) in [6.07, 6.45) is 5.87. The Hall–Kier alpha value is -1.44. The van der Waals surface area contributed by atoms with E-state index < -0.39 is 10.0 Å². The van der Waals surface area contributed by atoms with Crippen LogP contribution in [0.15, 0.2) is 11.0 Å². The van der Waals surface area contributed by atoms with E-state index in [1.54, 1.807) is 4.31 Å². The zero-order valence-electron chi connectivity index (χ0n) is 21.2. The van der Waals surface area contributed by atoms with Crippen LogP contribution in [-0.2, 0) is 14.8 Å². The van der Waals surface area contributed by atoms with Gasteiger partial charge in [-0.25, -0.2) is 8.42 Å². The number of rotatable bonds is 8. The highest BCUT2D eigenvalue weighted by molar-refractivity contribution is 7.89. The highest BCUT2D eigenvalue weighted by atomic mass is 32.2. The molecule has 0 aromatic heterocycles. The standard InChI is InChI=1S/C26H43N3O3S/c1-19-8-14-28(15-9-19)13-7-6-12-27-26(30)24-10-16-29(17-11-24)33(31,32)25-22(4)20(2)18-21(3)23(25)5/h18-19,24H,6-17H2,1-5H3,(H,27,30). The van der Waals surface area contributed by atoms with E-state index in [0.29, 0.717) is 37.4 Å². The maximum absolute atomic E-state index is 13.4. The minimum Gasteiger partial charge on any atom is -0.356 e. The summed E-state index contributed by atoms with van der Waals surface area (Å²) in [5.74, 6) is 0.843. The van der Waals surface area contributed by atoms with Gasteiger partial charge in [-0.05, 0) is 114 Å². The van der Waals surface area contributed by atoms with Crippen LogP contribution < -0.4 is 5.32 Å². The summed E-state index contributed by atoms with van der Waals surface area (Å²) in [5.41, 5.74) is 3.66. The van der Waals surface area contributed by atoms with Gasteiger partial charge < -0.3 is 10.2 Å². The summed E-state index contributed by atoms with van der Waals surface area (Å²) in [4.78, 5) is 15.6. The molecule has 0 unspecified atom stereocenters. The Morgan fingerprint density at radius 3 is 2.09 bits per heavy atom. The van der Waals surface area contributed by atoms with Crippen molar-refractivity contribution in [3.8, 4) is 0 Å². The molecule has 2 aliphatic rings. The molecule has 1 aromatic carbocycles. The Morgan fingerprint density at radius 1 is 0.939 bits per heavy atom. The lowest BCUT2D eigenvalue weighted by atomic mass is 9.97. The number of amides is 1. The fourth-order valence-corrected chi connectivity index (χ4v) is 7.20. The van der Waals surface area contributed by atoms with Crippen molar-refractivity contribution in [2.45, 2.75) is 78.0 Å². The molecule has 7 heteroatoms. The van der Waals surface area contributed by atoms with E-state index >= 15 is 0 Å². The van der Waals surface area contributed by atoms with Gasteiger partial charge in [-0.2, -0.15) is 4.31 Å². The average Bonchev–Trinajstić information content (AvgIpc) is 2.78. The number of nitrogens with zero attached hydrogens (tertiary/aromatic N) is 2. The van der Waals surface area contributed by atoms with Crippen molar-refractivity contribution in [1.82, 2.24) is 14.5 Å². The molecule has 0 atom stereocenters. The van der Waals surface area contributed by atoms with Crippen LogP contribution in [0.3, 0.4) is 0 Å². The van der Waals surface area contributed by atoms with Gasteiger partial charge in [0.25, 0.3) is 0 Å². The number of likely N-dealkylation sites (tertiary alicyclic amines) is 1. The van der Waals surface area contributed by atoms with Gasteiger partial charge >= 0.3 is 0 Å². The minimum absolute atomic E-state index is 0.0811. The Balaban J connectivity index is 1.44. The number of benzene rings is 1. The summed E-state index contributed by atoms with van der Waals surface area (Å²) in [5, 5.41) is 3.09. The van der Waals surface area contributed by atoms with Gasteiger partial charge in [-0.3, -0.25) is 4.79 Å². The number of hydrogen-bond donors (Lipinski definition) is 1. The van der Waals surface area contributed by atoms with Crippen LogP contribution in [0.5, 0.6) is 0 Å². The SMILES string of the molecule is Cc1cc(C)c(C)c(S(=O)(=O)N2CCC(C(=O)NCCCCN3CCC(C)CC3)CC2)c1C. The number of sulfonamides is 1. The second-order valence-corrected chi connectivity index (χ2v) is 12.2. The molecule has 0 radical (unpaired) electrons. The number of piperidine rings is 2. The van der Waals surface area contributed by atoms with E-state index in [2.05, 4.69) is 17.1 Å². The Morgan fingerprint density at radius 2 is 1.52 bits per heavy atom. The van der Waals surface area contributed by atoms with Crippen LogP contribution in [-0.4, -0.2) is 62.8 Å². The molecule has 0 bridgehead atoms. The summed E-state index contributed by atoms with van der Waals surface area (Å²) in [6.45, 7) is 15.1. The molecular weight excluding hydrogens is 434 g/mol. The molecule has 1 amide bonds. The molecule has 186 valence electrons. The molecule has 1 N–H and O–H groups in total. The molecule has 0 saturated carbocycles. The van der Waals surface area contributed by atoms with Gasteiger partial charge in [0.15, 0.2) is 0 Å². The predicted octanol–water partition coefficient (Wildman–Crippen LogP) is 3.95. The molecule has 2 saturated heterocycles. The van der Waals surface area contributed by atoms with Crippen molar-refractivity contribution in [1.29, 1.82) is 0 Å². The number of unbranched alkanes of at least 4 members (excludes halogenated alkanes) is 1. The molecule has 0 aliphatic carbocycles. The van der Waals surface area contributed by atoms with Crippen LogP contribution in [0.4, 0.5) is 0 Å². The number of carbonyl (C=O) groups excluding carboxylic acids is 1. The summed E-state index contributed by atoms with van der Waals surface area (Å²) in [6, 6.07) is 2.05. The van der Waals surface area contributed by atoms with Crippen molar-refractivity contribution in [2.24, 2.45) is 11.8 Å². The monoisotopic (exact) mass is 477 g/mol. The van der Waals surface area contributed by atoms with E-state index in [9.17, 15) is 13.2 Å². The van der Waals surface area contributed by atoms with Gasteiger partial charge in [0.05, 0.1) is 4.90 Å². The summed E-state index contributed by atoms with van der Waals surface area (Å²) >= 11 is 0. The molecule has 2 heterocycles.